The van der Waals surface area contributed by atoms with Crippen molar-refractivity contribution >= 4 is 62.6 Å². The molecule has 2 aliphatic rings. The fourth-order valence-electron chi connectivity index (χ4n) is 6.55. The van der Waals surface area contributed by atoms with Gasteiger partial charge in [0.25, 0.3) is 0 Å². The first-order valence-electron chi connectivity index (χ1n) is 15.7. The molecule has 2 aliphatic heterocycles. The first kappa shape index (κ1) is 35.6. The zero-order chi connectivity index (χ0) is 33.3. The van der Waals surface area contributed by atoms with Crippen molar-refractivity contribution in [3.05, 3.63) is 68.8 Å². The molecule has 0 N–H and O–H groups in total. The van der Waals surface area contributed by atoms with E-state index in [0.29, 0.717) is 40.8 Å². The van der Waals surface area contributed by atoms with Gasteiger partial charge in [-0.3, -0.25) is 14.4 Å². The van der Waals surface area contributed by atoms with Gasteiger partial charge in [-0.05, 0) is 75.7 Å². The first-order chi connectivity index (χ1) is 22.1. The van der Waals surface area contributed by atoms with E-state index in [2.05, 4.69) is 20.8 Å². The maximum atomic E-state index is 12.9. The Labute approximate surface area is 285 Å². The van der Waals surface area contributed by atoms with Crippen LogP contribution in [0.5, 0.6) is 0 Å². The Balaban J connectivity index is 0.00000500. The van der Waals surface area contributed by atoms with Crippen molar-refractivity contribution in [2.24, 2.45) is 0 Å². The van der Waals surface area contributed by atoms with Gasteiger partial charge in [-0.2, -0.15) is 0 Å². The van der Waals surface area contributed by atoms with E-state index in [1.165, 1.54) is 14.2 Å². The molecule has 3 aromatic rings. The molecule has 0 unspecified atom stereocenters. The number of rotatable bonds is 9. The molecule has 47 heavy (non-hydrogen) atoms. The fourth-order valence-corrected chi connectivity index (χ4v) is 6.55. The standard InChI is InChI=1S/C37H41N4O5.Cu/c1-9-23-19(3)28-16-31-24(10-2)21(5)36(40-31)27(18-42)37-22(6)26(12-14-35(44)46-8)33(41-37)17-32-25(11-13-34(43)45-7)20(4)29(39-32)15-30(23)38-28;/h15-18H,9-14H2,1-8H3,(H-,38,39,40,41,42);/q-1;+2/p-1. The van der Waals surface area contributed by atoms with Crippen LogP contribution in [0.3, 0.4) is 0 Å². The van der Waals surface area contributed by atoms with Crippen molar-refractivity contribution in [2.45, 2.75) is 80.1 Å². The van der Waals surface area contributed by atoms with Crippen LogP contribution in [0.15, 0.2) is 18.2 Å². The van der Waals surface area contributed by atoms with Crippen LogP contribution < -0.4 is 9.97 Å². The van der Waals surface area contributed by atoms with Gasteiger partial charge in [-0.25, -0.2) is 9.97 Å². The van der Waals surface area contributed by atoms with Crippen LogP contribution in [-0.2, 0) is 49.0 Å². The van der Waals surface area contributed by atoms with E-state index in [1.54, 1.807) is 0 Å². The summed E-state index contributed by atoms with van der Waals surface area (Å²) < 4.78 is 9.88. The number of aldehydes is 1. The average Bonchev–Trinajstić information content (AvgIpc) is 3.72. The summed E-state index contributed by atoms with van der Waals surface area (Å²) in [5.74, 6) is -0.650. The maximum Gasteiger partial charge on any atom is 2.00 e. The number of carbonyl (C=O) groups is 3. The van der Waals surface area contributed by atoms with Gasteiger partial charge in [0, 0.05) is 18.4 Å². The topological polar surface area (TPSA) is 124 Å². The molecule has 0 saturated carbocycles. The molecule has 5 rings (SSSR count). The summed E-state index contributed by atoms with van der Waals surface area (Å²) in [5.41, 5.74) is 13.7. The van der Waals surface area contributed by atoms with Crippen molar-refractivity contribution in [3.8, 4) is 0 Å². The predicted molar refractivity (Wildman–Crippen MR) is 180 cm³/mol. The molecule has 0 atom stereocenters. The molecular formula is C37H40CuN4O5. The third kappa shape index (κ3) is 6.62. The van der Waals surface area contributed by atoms with Crippen LogP contribution in [0.1, 0.15) is 109 Å². The number of aromatic nitrogens is 4. The number of nitrogens with zero attached hydrogens (tertiary/aromatic N) is 4. The molecule has 0 spiro atoms. The molecule has 0 aliphatic carbocycles. The first-order valence-corrected chi connectivity index (χ1v) is 15.7. The number of esters is 2. The number of aryl methyl sites for hydroxylation is 4. The molecule has 8 bridgehead atoms. The molecule has 5 heterocycles. The number of hydrogen-bond donors (Lipinski definition) is 0. The normalized spacial score (nSPS) is 12.7. The smallest absolute Gasteiger partial charge is 0.657 e. The van der Waals surface area contributed by atoms with E-state index >= 15 is 0 Å². The van der Waals surface area contributed by atoms with Crippen LogP contribution >= 0.6 is 0 Å². The summed E-state index contributed by atoms with van der Waals surface area (Å²) in [6.07, 6.45) is 3.48. The van der Waals surface area contributed by atoms with Crippen molar-refractivity contribution in [3.63, 3.8) is 0 Å². The Morgan fingerprint density at radius 3 is 1.94 bits per heavy atom. The fraction of sp³-hybridized carbons (Fsp3) is 0.378. The van der Waals surface area contributed by atoms with Crippen LogP contribution in [0.25, 0.3) is 44.4 Å². The van der Waals surface area contributed by atoms with Crippen molar-refractivity contribution in [1.82, 2.24) is 19.9 Å². The van der Waals surface area contributed by atoms with E-state index < -0.39 is 0 Å². The summed E-state index contributed by atoms with van der Waals surface area (Å²) in [6, 6.07) is 5.93. The van der Waals surface area contributed by atoms with E-state index in [1.807, 2.05) is 39.0 Å². The Morgan fingerprint density at radius 1 is 0.723 bits per heavy atom. The minimum absolute atomic E-state index is 0. The summed E-state index contributed by atoms with van der Waals surface area (Å²) in [5, 5.41) is 0. The van der Waals surface area contributed by atoms with Gasteiger partial charge in [-0.15, -0.1) is 22.1 Å². The monoisotopic (exact) mass is 683 g/mol. The zero-order valence-corrected chi connectivity index (χ0v) is 29.1. The third-order valence-electron chi connectivity index (χ3n) is 9.24. The second kappa shape index (κ2) is 14.7. The van der Waals surface area contributed by atoms with Crippen molar-refractivity contribution in [2.75, 3.05) is 14.2 Å². The molecular weight excluding hydrogens is 644 g/mol. The predicted octanol–water partition coefficient (Wildman–Crippen LogP) is 6.89. The Morgan fingerprint density at radius 2 is 1.32 bits per heavy atom. The molecule has 3 aromatic heterocycles. The Kier molecular flexibility index (Phi) is 11.1. The summed E-state index contributed by atoms with van der Waals surface area (Å²) in [4.78, 5) is 57.4. The van der Waals surface area contributed by atoms with E-state index in [9.17, 15) is 14.4 Å². The molecule has 0 fully saturated rings. The molecule has 10 heteroatoms. The van der Waals surface area contributed by atoms with Crippen LogP contribution in [0.4, 0.5) is 0 Å². The average molecular weight is 684 g/mol. The largest absolute Gasteiger partial charge is 2.00 e. The van der Waals surface area contributed by atoms with Gasteiger partial charge in [-0.1, -0.05) is 54.3 Å². The van der Waals surface area contributed by atoms with Crippen LogP contribution in [0.2, 0.25) is 0 Å². The van der Waals surface area contributed by atoms with E-state index in [4.69, 9.17) is 29.4 Å². The molecule has 0 aromatic carbocycles. The molecule has 1 radical (unpaired) electrons. The van der Waals surface area contributed by atoms with Crippen molar-refractivity contribution in [1.29, 1.82) is 0 Å². The van der Waals surface area contributed by atoms with Gasteiger partial charge in [0.1, 0.15) is 0 Å². The number of ether oxygens (including phenoxy) is 2. The zero-order valence-electron chi connectivity index (χ0n) is 28.2. The summed E-state index contributed by atoms with van der Waals surface area (Å²) in [6.45, 7) is 12.2. The number of allylic oxidation sites excluding steroid dienone is 4. The minimum Gasteiger partial charge on any atom is -0.657 e. The minimum atomic E-state index is -0.339. The third-order valence-corrected chi connectivity index (χ3v) is 9.24. The van der Waals surface area contributed by atoms with E-state index in [-0.39, 0.29) is 41.8 Å². The SMILES string of the molecule is CCC1=C(C)c2cc3[n-]c(c(C)c3CC)c(C=O)c3nc(cc4[n-]c(cc1n2)c(C)c4CCC(=O)OC)C(CCC(=O)OC)=C3C.[Cu+2]. The second-order valence-electron chi connectivity index (χ2n) is 11.7. The Bertz CT molecular complexity index is 2000. The maximum absolute atomic E-state index is 12.9. The molecule has 0 amide bonds. The molecule has 0 saturated heterocycles. The number of carbonyl (C=O) groups excluding carboxylic acids is 3. The molecule has 9 nitrogen and oxygen atoms in total. The van der Waals surface area contributed by atoms with E-state index in [0.717, 1.165) is 86.1 Å². The van der Waals surface area contributed by atoms with Gasteiger partial charge >= 0.3 is 29.0 Å². The van der Waals surface area contributed by atoms with Gasteiger partial charge < -0.3 is 19.4 Å². The second-order valence-corrected chi connectivity index (χ2v) is 11.7. The summed E-state index contributed by atoms with van der Waals surface area (Å²) >= 11 is 0. The van der Waals surface area contributed by atoms with Gasteiger partial charge in [0.15, 0.2) is 6.29 Å². The van der Waals surface area contributed by atoms with Crippen LogP contribution in [0, 0.1) is 13.8 Å². The van der Waals surface area contributed by atoms with Crippen molar-refractivity contribution < 1.29 is 40.9 Å². The Hall–Kier alpha value is -4.27. The number of hydrogen-bond acceptors (Lipinski definition) is 7. The number of methoxy groups -OCH3 is 2. The molecule has 249 valence electrons. The van der Waals surface area contributed by atoms with Crippen LogP contribution in [-0.4, -0.2) is 42.4 Å². The number of fused-ring (bicyclic) bond motifs is 8. The van der Waals surface area contributed by atoms with Gasteiger partial charge in [0.2, 0.25) is 0 Å². The van der Waals surface area contributed by atoms with Gasteiger partial charge in [0.05, 0.1) is 37.0 Å². The quantitative estimate of drug-likeness (QED) is 0.135. The summed E-state index contributed by atoms with van der Waals surface area (Å²) in [7, 11) is 2.74.